The first-order valence-corrected chi connectivity index (χ1v) is 9.82. The van der Waals surface area contributed by atoms with Gasteiger partial charge in [-0.1, -0.05) is 46.7 Å². The van der Waals surface area contributed by atoms with Crippen LogP contribution < -0.4 is 5.32 Å². The van der Waals surface area contributed by atoms with Crippen LogP contribution in [0.4, 0.5) is 5.13 Å². The maximum absolute atomic E-state index is 12.0. The summed E-state index contributed by atoms with van der Waals surface area (Å²) in [4.78, 5) is 20.6. The van der Waals surface area contributed by atoms with Crippen LogP contribution in [0.15, 0.2) is 30.7 Å². The lowest BCUT2D eigenvalue weighted by Gasteiger charge is -2.08. The van der Waals surface area contributed by atoms with Crippen molar-refractivity contribution in [2.75, 3.05) is 5.32 Å². The van der Waals surface area contributed by atoms with Crippen molar-refractivity contribution in [3.05, 3.63) is 40.8 Å². The van der Waals surface area contributed by atoms with Gasteiger partial charge in [0.25, 0.3) is 0 Å². The van der Waals surface area contributed by atoms with E-state index in [1.807, 2.05) is 16.7 Å². The van der Waals surface area contributed by atoms with Gasteiger partial charge in [0, 0.05) is 11.5 Å². The van der Waals surface area contributed by atoms with Gasteiger partial charge in [-0.2, -0.15) is 5.10 Å². The number of fused-ring (bicyclic) bond motifs is 1. The maximum Gasteiger partial charge on any atom is 0.229 e. The average molecular weight is 419 g/mol. The molecule has 1 amide bonds. The van der Waals surface area contributed by atoms with Gasteiger partial charge in [-0.3, -0.25) is 14.5 Å². The van der Waals surface area contributed by atoms with Crippen LogP contribution in [-0.2, 0) is 4.79 Å². The molecule has 5 rings (SSSR count). The second kappa shape index (κ2) is 6.33. The Bertz CT molecular complexity index is 1180. The number of H-pyrrole nitrogens is 1. The topological polar surface area (TPSA) is 88.5 Å². The Kier molecular flexibility index (Phi) is 3.92. The maximum atomic E-state index is 12.0. The Morgan fingerprint density at radius 2 is 2.19 bits per heavy atom. The average Bonchev–Trinajstić information content (AvgIpc) is 3.08. The van der Waals surface area contributed by atoms with Gasteiger partial charge < -0.3 is 5.32 Å². The van der Waals surface area contributed by atoms with E-state index in [9.17, 15) is 4.79 Å². The Balaban J connectivity index is 1.56. The highest BCUT2D eigenvalue weighted by Crippen LogP contribution is 2.37. The zero-order valence-corrected chi connectivity index (χ0v) is 16.1. The SMILES string of the molecule is O=C(Nc1nc2[nH]nc(-n3cncc3-c3cccc(Cl)c3Cl)c2s1)C1CC1. The number of aromatic amines is 1. The molecule has 136 valence electrons. The van der Waals surface area contributed by atoms with Crippen LogP contribution in [0, 0.1) is 5.92 Å². The fourth-order valence-electron chi connectivity index (χ4n) is 2.84. The molecule has 1 fully saturated rings. The number of nitrogens with zero attached hydrogens (tertiary/aromatic N) is 4. The van der Waals surface area contributed by atoms with E-state index in [0.717, 1.165) is 28.8 Å². The molecule has 7 nitrogen and oxygen atoms in total. The Hall–Kier alpha value is -2.42. The zero-order chi connectivity index (χ0) is 18.5. The predicted molar refractivity (Wildman–Crippen MR) is 106 cm³/mol. The minimum absolute atomic E-state index is 0.0231. The largest absolute Gasteiger partial charge is 0.302 e. The van der Waals surface area contributed by atoms with Crippen LogP contribution in [0.2, 0.25) is 10.0 Å². The van der Waals surface area contributed by atoms with Crippen LogP contribution >= 0.6 is 34.5 Å². The number of nitrogens with one attached hydrogen (secondary N) is 2. The molecule has 0 bridgehead atoms. The second-order valence-corrected chi connectivity index (χ2v) is 8.04. The molecule has 0 radical (unpaired) electrons. The number of hydrogen-bond donors (Lipinski definition) is 2. The van der Waals surface area contributed by atoms with Crippen molar-refractivity contribution in [3.63, 3.8) is 0 Å². The molecule has 1 aliphatic carbocycles. The molecule has 0 saturated heterocycles. The van der Waals surface area contributed by atoms with E-state index in [0.29, 0.717) is 26.6 Å². The van der Waals surface area contributed by atoms with Crippen molar-refractivity contribution >= 4 is 55.9 Å². The second-order valence-electron chi connectivity index (χ2n) is 6.26. The molecule has 1 aromatic carbocycles. The lowest BCUT2D eigenvalue weighted by Crippen LogP contribution is -2.12. The van der Waals surface area contributed by atoms with Crippen LogP contribution in [0.3, 0.4) is 0 Å². The predicted octanol–water partition coefficient (Wildman–Crippen LogP) is 4.53. The van der Waals surface area contributed by atoms with Crippen LogP contribution in [-0.4, -0.2) is 30.6 Å². The number of thiazole rings is 1. The van der Waals surface area contributed by atoms with E-state index < -0.39 is 0 Å². The standard InChI is InChI=1S/C17H12Cl2N6OS/c18-10-3-1-2-9(12(10)19)11-6-20-7-25(11)15-13-14(23-24-15)21-17(27-13)22-16(26)8-4-5-8/h1-3,6-8H,4-5H2,(H2,21,22,23,24,26). The molecule has 27 heavy (non-hydrogen) atoms. The van der Waals surface area contributed by atoms with Crippen molar-refractivity contribution in [1.82, 2.24) is 24.7 Å². The highest BCUT2D eigenvalue weighted by Gasteiger charge is 2.30. The number of aromatic nitrogens is 5. The summed E-state index contributed by atoms with van der Waals surface area (Å²) in [6.45, 7) is 0. The molecule has 1 saturated carbocycles. The summed E-state index contributed by atoms with van der Waals surface area (Å²) in [5, 5.41) is 11.6. The first-order chi connectivity index (χ1) is 13.1. The van der Waals surface area contributed by atoms with Crippen LogP contribution in [0.1, 0.15) is 12.8 Å². The Morgan fingerprint density at radius 1 is 1.33 bits per heavy atom. The van der Waals surface area contributed by atoms with E-state index in [1.165, 1.54) is 11.3 Å². The van der Waals surface area contributed by atoms with E-state index in [4.69, 9.17) is 23.2 Å². The van der Waals surface area contributed by atoms with Crippen molar-refractivity contribution in [1.29, 1.82) is 0 Å². The molecular formula is C17H12Cl2N6OS. The first kappa shape index (κ1) is 16.7. The zero-order valence-electron chi connectivity index (χ0n) is 13.7. The lowest BCUT2D eigenvalue weighted by molar-refractivity contribution is -0.117. The highest BCUT2D eigenvalue weighted by atomic mass is 35.5. The number of carbonyl (C=O) groups is 1. The fraction of sp³-hybridized carbons (Fsp3) is 0.176. The quantitative estimate of drug-likeness (QED) is 0.509. The Labute approximate surface area is 167 Å². The van der Waals surface area contributed by atoms with Gasteiger partial charge in [0.2, 0.25) is 5.91 Å². The summed E-state index contributed by atoms with van der Waals surface area (Å²) in [5.74, 6) is 0.781. The third-order valence-corrected chi connectivity index (χ3v) is 6.16. The van der Waals surface area contributed by atoms with Crippen molar-refractivity contribution in [2.24, 2.45) is 5.92 Å². The number of rotatable bonds is 4. The number of halogens is 2. The first-order valence-electron chi connectivity index (χ1n) is 8.24. The van der Waals surface area contributed by atoms with Gasteiger partial charge in [0.15, 0.2) is 16.6 Å². The number of carbonyl (C=O) groups excluding carboxylic acids is 1. The van der Waals surface area contributed by atoms with Gasteiger partial charge in [-0.15, -0.1) is 0 Å². The summed E-state index contributed by atoms with van der Waals surface area (Å²) < 4.78 is 2.64. The van der Waals surface area contributed by atoms with Crippen molar-refractivity contribution in [3.8, 4) is 17.1 Å². The van der Waals surface area contributed by atoms with Crippen molar-refractivity contribution < 1.29 is 4.79 Å². The van der Waals surface area contributed by atoms with Gasteiger partial charge in [0.05, 0.1) is 21.9 Å². The third kappa shape index (κ3) is 2.90. The van der Waals surface area contributed by atoms with E-state index >= 15 is 0 Å². The monoisotopic (exact) mass is 418 g/mol. The summed E-state index contributed by atoms with van der Waals surface area (Å²) in [6.07, 6.45) is 5.25. The molecule has 0 aliphatic heterocycles. The molecule has 4 aromatic rings. The van der Waals surface area contributed by atoms with E-state index in [-0.39, 0.29) is 11.8 Å². The number of benzene rings is 1. The molecular weight excluding hydrogens is 407 g/mol. The molecule has 2 N–H and O–H groups in total. The van der Waals surface area contributed by atoms with Gasteiger partial charge in [-0.25, -0.2) is 9.97 Å². The number of hydrogen-bond acceptors (Lipinski definition) is 5. The minimum atomic E-state index is 0.0231. The molecule has 3 aromatic heterocycles. The third-order valence-electron chi connectivity index (χ3n) is 4.37. The summed E-state index contributed by atoms with van der Waals surface area (Å²) in [7, 11) is 0. The molecule has 0 spiro atoms. The highest BCUT2D eigenvalue weighted by molar-refractivity contribution is 7.22. The summed E-state index contributed by atoms with van der Waals surface area (Å²) in [5.41, 5.74) is 2.12. The van der Waals surface area contributed by atoms with E-state index in [1.54, 1.807) is 18.6 Å². The smallest absolute Gasteiger partial charge is 0.229 e. The van der Waals surface area contributed by atoms with E-state index in [2.05, 4.69) is 25.5 Å². The van der Waals surface area contributed by atoms with Crippen LogP contribution in [0.25, 0.3) is 27.4 Å². The van der Waals surface area contributed by atoms with Gasteiger partial charge in [-0.05, 0) is 18.9 Å². The summed E-state index contributed by atoms with van der Waals surface area (Å²) >= 11 is 13.9. The number of amides is 1. The fourth-order valence-corrected chi connectivity index (χ4v) is 4.14. The molecule has 0 unspecified atom stereocenters. The normalized spacial score (nSPS) is 14.0. The van der Waals surface area contributed by atoms with Crippen LogP contribution in [0.5, 0.6) is 0 Å². The lowest BCUT2D eigenvalue weighted by atomic mass is 10.1. The molecule has 1 aliphatic rings. The van der Waals surface area contributed by atoms with Gasteiger partial charge in [0.1, 0.15) is 11.0 Å². The summed E-state index contributed by atoms with van der Waals surface area (Å²) in [6, 6.07) is 5.44. The Morgan fingerprint density at radius 3 is 3.00 bits per heavy atom. The molecule has 3 heterocycles. The van der Waals surface area contributed by atoms with Gasteiger partial charge >= 0.3 is 0 Å². The number of anilines is 1. The van der Waals surface area contributed by atoms with Crippen molar-refractivity contribution in [2.45, 2.75) is 12.8 Å². The number of imidazole rings is 1. The minimum Gasteiger partial charge on any atom is -0.302 e. The molecule has 0 atom stereocenters. The molecule has 10 heteroatoms.